The molecule has 0 unspecified atom stereocenters. The van der Waals surface area contributed by atoms with Gasteiger partial charge in [0.15, 0.2) is 0 Å². The van der Waals surface area contributed by atoms with E-state index in [1.807, 2.05) is 0 Å². The number of carboxylic acid groups (broad SMARTS) is 1. The van der Waals surface area contributed by atoms with Crippen LogP contribution in [-0.2, 0) is 21.0 Å². The number of benzene rings is 3. The van der Waals surface area contributed by atoms with Gasteiger partial charge in [0.2, 0.25) is 0 Å². The zero-order chi connectivity index (χ0) is 28.0. The number of halogens is 7. The molecule has 0 radical (unpaired) electrons. The van der Waals surface area contributed by atoms with E-state index in [1.165, 1.54) is 0 Å². The fraction of sp³-hybridized carbons (Fsp3) is 0.208. The van der Waals surface area contributed by atoms with E-state index in [0.29, 0.717) is 18.2 Å². The fourth-order valence-corrected chi connectivity index (χ4v) is 5.93. The van der Waals surface area contributed by atoms with Gasteiger partial charge in [0.1, 0.15) is 23.5 Å². The molecule has 4 rings (SSSR count). The summed E-state index contributed by atoms with van der Waals surface area (Å²) < 4.78 is 102. The van der Waals surface area contributed by atoms with Crippen LogP contribution in [0.4, 0.5) is 27.6 Å². The molecule has 0 spiro atoms. The van der Waals surface area contributed by atoms with Gasteiger partial charge in [-0.3, -0.25) is 9.10 Å². The fourth-order valence-electron chi connectivity index (χ4n) is 3.91. The lowest BCUT2D eigenvalue weighted by Gasteiger charge is -2.36. The lowest BCUT2D eigenvalue weighted by Crippen LogP contribution is -2.43. The summed E-state index contributed by atoms with van der Waals surface area (Å²) in [6, 6.07) is 6.79. The molecule has 0 fully saturated rings. The molecule has 38 heavy (non-hydrogen) atoms. The van der Waals surface area contributed by atoms with Crippen molar-refractivity contribution in [3.05, 3.63) is 75.8 Å². The van der Waals surface area contributed by atoms with Crippen molar-refractivity contribution in [3.63, 3.8) is 0 Å². The highest BCUT2D eigenvalue weighted by Crippen LogP contribution is 2.46. The Morgan fingerprint density at radius 3 is 2.45 bits per heavy atom. The number of aliphatic carboxylic acids is 1. The van der Waals surface area contributed by atoms with Crippen molar-refractivity contribution in [2.75, 3.05) is 10.8 Å². The van der Waals surface area contributed by atoms with E-state index < -0.39 is 61.9 Å². The molecule has 0 bridgehead atoms. The number of alkyl halides is 3. The van der Waals surface area contributed by atoms with Gasteiger partial charge in [-0.15, -0.1) is 0 Å². The summed E-state index contributed by atoms with van der Waals surface area (Å²) in [5, 5.41) is 8.40. The third-order valence-electron chi connectivity index (χ3n) is 5.69. The molecule has 3 aromatic rings. The van der Waals surface area contributed by atoms with Crippen LogP contribution in [0.3, 0.4) is 0 Å². The topological polar surface area (TPSA) is 83.9 Å². The Morgan fingerprint density at radius 2 is 1.79 bits per heavy atom. The summed E-state index contributed by atoms with van der Waals surface area (Å²) in [4.78, 5) is 10.4. The third kappa shape index (κ3) is 5.52. The molecular weight excluding hydrogens is 580 g/mol. The van der Waals surface area contributed by atoms with Crippen LogP contribution in [0.15, 0.2) is 53.4 Å². The number of sulfonamides is 1. The van der Waals surface area contributed by atoms with Crippen molar-refractivity contribution >= 4 is 44.9 Å². The molecule has 202 valence electrons. The lowest BCUT2D eigenvalue weighted by molar-refractivity contribution is -0.138. The summed E-state index contributed by atoms with van der Waals surface area (Å²) >= 11 is 12.3. The molecule has 0 aliphatic carbocycles. The maximum absolute atomic E-state index is 14.1. The first-order valence-electron chi connectivity index (χ1n) is 10.8. The van der Waals surface area contributed by atoms with E-state index in [2.05, 4.69) is 0 Å². The van der Waals surface area contributed by atoms with Gasteiger partial charge in [-0.05, 0) is 36.8 Å². The van der Waals surface area contributed by atoms with E-state index in [4.69, 9.17) is 33.0 Å². The molecule has 0 saturated heterocycles. The van der Waals surface area contributed by atoms with E-state index in [1.54, 1.807) is 0 Å². The maximum Gasteiger partial charge on any atom is 0.416 e. The van der Waals surface area contributed by atoms with Crippen LogP contribution < -0.4 is 9.04 Å². The molecule has 6 nitrogen and oxygen atoms in total. The van der Waals surface area contributed by atoms with Gasteiger partial charge in [0.05, 0.1) is 32.7 Å². The van der Waals surface area contributed by atoms with Gasteiger partial charge < -0.3 is 9.84 Å². The Labute approximate surface area is 223 Å². The van der Waals surface area contributed by atoms with Gasteiger partial charge in [-0.2, -0.15) is 13.2 Å². The Bertz CT molecular complexity index is 1530. The monoisotopic (exact) mass is 595 g/mol. The Hall–Kier alpha value is -3.09. The van der Waals surface area contributed by atoms with Crippen LogP contribution in [-0.4, -0.2) is 32.1 Å². The van der Waals surface area contributed by atoms with Crippen LogP contribution in [0, 0.1) is 11.6 Å². The van der Waals surface area contributed by atoms with E-state index >= 15 is 0 Å². The van der Waals surface area contributed by atoms with Gasteiger partial charge in [-0.1, -0.05) is 29.3 Å². The quantitative estimate of drug-likeness (QED) is 0.251. The molecule has 1 N–H and O–H groups in total. The lowest BCUT2D eigenvalue weighted by atomic mass is 10.0. The number of carbonyl (C=O) groups is 1. The molecule has 0 amide bonds. The molecule has 0 aromatic heterocycles. The van der Waals surface area contributed by atoms with E-state index in [9.17, 15) is 35.2 Å². The molecule has 3 aromatic carbocycles. The zero-order valence-corrected chi connectivity index (χ0v) is 21.2. The van der Waals surface area contributed by atoms with Gasteiger partial charge >= 0.3 is 12.1 Å². The smallest absolute Gasteiger partial charge is 0.416 e. The Balaban J connectivity index is 1.89. The normalized spacial score (nSPS) is 15.7. The molecule has 1 heterocycles. The van der Waals surface area contributed by atoms with Crippen molar-refractivity contribution in [3.8, 4) is 16.9 Å². The highest BCUT2D eigenvalue weighted by atomic mass is 35.5. The number of rotatable bonds is 6. The predicted octanol–water partition coefficient (Wildman–Crippen LogP) is 6.78. The third-order valence-corrected chi connectivity index (χ3v) is 8.17. The van der Waals surface area contributed by atoms with Gasteiger partial charge in [-0.25, -0.2) is 17.2 Å². The number of fused-ring (bicyclic) bond motifs is 1. The van der Waals surface area contributed by atoms with E-state index in [0.717, 1.165) is 34.6 Å². The van der Waals surface area contributed by atoms with Crippen molar-refractivity contribution in [2.24, 2.45) is 0 Å². The van der Waals surface area contributed by atoms with Gasteiger partial charge in [0, 0.05) is 29.7 Å². The highest BCUT2D eigenvalue weighted by Gasteiger charge is 2.38. The number of nitrogens with zero attached hydrogens (tertiary/aromatic N) is 1. The van der Waals surface area contributed by atoms with Crippen LogP contribution in [0.25, 0.3) is 11.1 Å². The summed E-state index contributed by atoms with van der Waals surface area (Å²) in [5.74, 6) is -3.41. The number of hydrogen-bond donors (Lipinski definition) is 1. The average molecular weight is 596 g/mol. The van der Waals surface area contributed by atoms with Crippen LogP contribution in [0.1, 0.15) is 18.4 Å². The summed E-state index contributed by atoms with van der Waals surface area (Å²) in [7, 11) is -4.69. The van der Waals surface area contributed by atoms with E-state index in [-0.39, 0.29) is 40.4 Å². The van der Waals surface area contributed by atoms with Crippen molar-refractivity contribution in [1.82, 2.24) is 0 Å². The molecule has 1 atom stereocenters. The Kier molecular flexibility index (Phi) is 7.52. The molecular formula is C24H16Cl2F5NO5S. The summed E-state index contributed by atoms with van der Waals surface area (Å²) in [5.41, 5.74) is -1.69. The number of hydrogen-bond acceptors (Lipinski definition) is 4. The van der Waals surface area contributed by atoms with Crippen LogP contribution in [0.5, 0.6) is 5.75 Å². The van der Waals surface area contributed by atoms with Crippen molar-refractivity contribution in [2.45, 2.75) is 30.0 Å². The average Bonchev–Trinajstić information content (AvgIpc) is 2.83. The minimum absolute atomic E-state index is 0.0781. The second-order valence-electron chi connectivity index (χ2n) is 8.28. The molecule has 1 aliphatic heterocycles. The standard InChI is InChI=1S/C24H16Cl2F5NO5S/c25-18-10-21-20(9-16(18)17-7-13(27)8-19(28)23(17)26)32(11-14(37-21)4-5-22(33)34)38(35,36)15-3-1-2-12(6-15)24(29,30)31/h1-3,6-10,14H,4-5,11H2,(H,33,34)/t14-/m0/s1. The van der Waals surface area contributed by atoms with Crippen LogP contribution in [0.2, 0.25) is 10.0 Å². The number of anilines is 1. The first-order valence-corrected chi connectivity index (χ1v) is 12.9. The summed E-state index contributed by atoms with van der Waals surface area (Å²) in [6.45, 7) is -0.467. The maximum atomic E-state index is 14.1. The first-order chi connectivity index (χ1) is 17.7. The number of carboxylic acids is 1. The number of ether oxygens (including phenoxy) is 1. The molecule has 0 saturated carbocycles. The molecule has 14 heteroatoms. The second-order valence-corrected chi connectivity index (χ2v) is 10.9. The first kappa shape index (κ1) is 27.9. The summed E-state index contributed by atoms with van der Waals surface area (Å²) in [6.07, 6.45) is -6.35. The second kappa shape index (κ2) is 10.2. The SMILES string of the molecule is O=C(O)CC[C@H]1CN(S(=O)(=O)c2cccc(C(F)(F)F)c2)c2cc(-c3cc(F)cc(F)c3Cl)c(Cl)cc2O1. The van der Waals surface area contributed by atoms with Crippen molar-refractivity contribution in [1.29, 1.82) is 0 Å². The van der Waals surface area contributed by atoms with Gasteiger partial charge in [0.25, 0.3) is 10.0 Å². The van der Waals surface area contributed by atoms with Crippen LogP contribution >= 0.6 is 23.2 Å². The largest absolute Gasteiger partial charge is 0.486 e. The highest BCUT2D eigenvalue weighted by molar-refractivity contribution is 7.92. The molecule has 1 aliphatic rings. The Morgan fingerprint density at radius 1 is 1.08 bits per heavy atom. The predicted molar refractivity (Wildman–Crippen MR) is 129 cm³/mol. The minimum atomic E-state index is -4.82. The van der Waals surface area contributed by atoms with Crippen molar-refractivity contribution < 1.29 is 45.0 Å². The zero-order valence-electron chi connectivity index (χ0n) is 18.9. The minimum Gasteiger partial charge on any atom is -0.486 e.